The van der Waals surface area contributed by atoms with Gasteiger partial charge in [-0.1, -0.05) is 30.3 Å². The highest BCUT2D eigenvalue weighted by Crippen LogP contribution is 2.19. The van der Waals surface area contributed by atoms with Crippen LogP contribution in [0, 0.1) is 13.8 Å². The smallest absolute Gasteiger partial charge is 0.339 e. The molecule has 1 N–H and O–H groups in total. The molecule has 0 fully saturated rings. The van der Waals surface area contributed by atoms with Gasteiger partial charge in [0.05, 0.1) is 18.4 Å². The summed E-state index contributed by atoms with van der Waals surface area (Å²) in [5, 5.41) is 2.78. The predicted molar refractivity (Wildman–Crippen MR) is 81.7 cm³/mol. The van der Waals surface area contributed by atoms with Gasteiger partial charge < -0.3 is 10.1 Å². The fourth-order valence-electron chi connectivity index (χ4n) is 2.24. The first kappa shape index (κ1) is 14.8. The van der Waals surface area contributed by atoms with Crippen molar-refractivity contribution in [1.29, 1.82) is 0 Å². The number of ether oxygens (including phenoxy) is 1. The Morgan fingerprint density at radius 1 is 0.952 bits per heavy atom. The quantitative estimate of drug-likeness (QED) is 0.879. The number of carbonyl (C=O) groups excluding carboxylic acids is 2. The van der Waals surface area contributed by atoms with Gasteiger partial charge in [0.1, 0.15) is 0 Å². The number of esters is 1. The molecule has 2 rings (SSSR count). The molecule has 4 nitrogen and oxygen atoms in total. The molecule has 21 heavy (non-hydrogen) atoms. The highest BCUT2D eigenvalue weighted by Gasteiger charge is 2.16. The van der Waals surface area contributed by atoms with E-state index in [1.54, 1.807) is 24.3 Å². The van der Waals surface area contributed by atoms with Crippen LogP contribution >= 0.6 is 0 Å². The molecule has 0 aromatic heterocycles. The highest BCUT2D eigenvalue weighted by molar-refractivity contribution is 6.09. The molecule has 0 bridgehead atoms. The lowest BCUT2D eigenvalue weighted by Crippen LogP contribution is -2.17. The van der Waals surface area contributed by atoms with Gasteiger partial charge in [-0.2, -0.15) is 0 Å². The van der Waals surface area contributed by atoms with Crippen LogP contribution in [-0.2, 0) is 4.74 Å². The minimum Gasteiger partial charge on any atom is -0.465 e. The summed E-state index contributed by atoms with van der Waals surface area (Å²) in [4.78, 5) is 24.2. The standard InChI is InChI=1S/C17H17NO3/c1-11-7-6-8-12(2)15(11)16(19)18-14-10-5-4-9-13(14)17(20)21-3/h4-10H,1-3H3,(H,18,19). The molecule has 1 amide bonds. The Labute approximate surface area is 123 Å². The summed E-state index contributed by atoms with van der Waals surface area (Å²) >= 11 is 0. The number of amides is 1. The predicted octanol–water partition coefficient (Wildman–Crippen LogP) is 3.34. The fourth-order valence-corrected chi connectivity index (χ4v) is 2.24. The number of hydrogen-bond acceptors (Lipinski definition) is 3. The largest absolute Gasteiger partial charge is 0.465 e. The first-order chi connectivity index (χ1) is 10.0. The third-order valence-corrected chi connectivity index (χ3v) is 3.29. The maximum absolute atomic E-state index is 12.5. The van der Waals surface area contributed by atoms with Gasteiger partial charge in [-0.25, -0.2) is 4.79 Å². The third-order valence-electron chi connectivity index (χ3n) is 3.29. The van der Waals surface area contributed by atoms with E-state index >= 15 is 0 Å². The van der Waals surface area contributed by atoms with Gasteiger partial charge in [-0.3, -0.25) is 4.79 Å². The fraction of sp³-hybridized carbons (Fsp3) is 0.176. The molecule has 0 saturated heterocycles. The van der Waals surface area contributed by atoms with Crippen LogP contribution in [0.1, 0.15) is 31.8 Å². The molecule has 2 aromatic rings. The molecule has 108 valence electrons. The minimum absolute atomic E-state index is 0.234. The molecule has 4 heteroatoms. The van der Waals surface area contributed by atoms with Crippen LogP contribution in [0.3, 0.4) is 0 Å². The zero-order chi connectivity index (χ0) is 15.4. The summed E-state index contributed by atoms with van der Waals surface area (Å²) in [7, 11) is 1.31. The number of carbonyl (C=O) groups is 2. The summed E-state index contributed by atoms with van der Waals surface area (Å²) in [5.74, 6) is -0.714. The monoisotopic (exact) mass is 283 g/mol. The molecule has 0 unspecified atom stereocenters. The molecular weight excluding hydrogens is 266 g/mol. The van der Waals surface area contributed by atoms with Crippen LogP contribution < -0.4 is 5.32 Å². The van der Waals surface area contributed by atoms with Crippen LogP contribution in [-0.4, -0.2) is 19.0 Å². The lowest BCUT2D eigenvalue weighted by atomic mass is 10.0. The Bertz CT molecular complexity index is 672. The lowest BCUT2D eigenvalue weighted by molar-refractivity contribution is 0.0602. The van der Waals surface area contributed by atoms with Crippen molar-refractivity contribution in [2.24, 2.45) is 0 Å². The Morgan fingerprint density at radius 3 is 2.19 bits per heavy atom. The van der Waals surface area contributed by atoms with Crippen molar-refractivity contribution >= 4 is 17.6 Å². The van der Waals surface area contributed by atoms with Gasteiger partial charge >= 0.3 is 5.97 Å². The number of rotatable bonds is 3. The summed E-state index contributed by atoms with van der Waals surface area (Å²) in [6.07, 6.45) is 0. The van der Waals surface area contributed by atoms with Crippen LogP contribution in [0.15, 0.2) is 42.5 Å². The number of nitrogens with one attached hydrogen (secondary N) is 1. The summed E-state index contributed by atoms with van der Waals surface area (Å²) in [6.45, 7) is 3.77. The van der Waals surface area contributed by atoms with E-state index in [1.165, 1.54) is 7.11 Å². The second kappa shape index (κ2) is 6.22. The Hall–Kier alpha value is -2.62. The van der Waals surface area contributed by atoms with Crippen molar-refractivity contribution in [1.82, 2.24) is 0 Å². The van der Waals surface area contributed by atoms with Crippen LogP contribution in [0.5, 0.6) is 0 Å². The average molecular weight is 283 g/mol. The third kappa shape index (κ3) is 3.11. The lowest BCUT2D eigenvalue weighted by Gasteiger charge is -2.12. The molecule has 0 radical (unpaired) electrons. The first-order valence-electron chi connectivity index (χ1n) is 6.59. The molecular formula is C17H17NO3. The topological polar surface area (TPSA) is 55.4 Å². The van der Waals surface area contributed by atoms with Gasteiger partial charge in [-0.05, 0) is 37.1 Å². The zero-order valence-electron chi connectivity index (χ0n) is 12.3. The van der Waals surface area contributed by atoms with Crippen molar-refractivity contribution in [2.75, 3.05) is 12.4 Å². The van der Waals surface area contributed by atoms with Gasteiger partial charge in [0, 0.05) is 5.56 Å². The van der Waals surface area contributed by atoms with E-state index < -0.39 is 5.97 Å². The second-order valence-corrected chi connectivity index (χ2v) is 4.76. The van der Waals surface area contributed by atoms with Crippen molar-refractivity contribution in [3.63, 3.8) is 0 Å². The number of anilines is 1. The van der Waals surface area contributed by atoms with Gasteiger partial charge in [0.15, 0.2) is 0 Å². The maximum atomic E-state index is 12.5. The molecule has 0 aliphatic heterocycles. The van der Waals surface area contributed by atoms with Crippen molar-refractivity contribution < 1.29 is 14.3 Å². The van der Waals surface area contributed by atoms with E-state index in [0.29, 0.717) is 16.8 Å². The number of methoxy groups -OCH3 is 1. The number of hydrogen-bond donors (Lipinski definition) is 1. The molecule has 0 aliphatic carbocycles. The molecule has 0 aliphatic rings. The molecule has 0 atom stereocenters. The van der Waals surface area contributed by atoms with E-state index in [0.717, 1.165) is 11.1 Å². The minimum atomic E-state index is -0.479. The van der Waals surface area contributed by atoms with E-state index in [4.69, 9.17) is 4.74 Å². The number of para-hydroxylation sites is 1. The van der Waals surface area contributed by atoms with Crippen LogP contribution in [0.2, 0.25) is 0 Å². The normalized spacial score (nSPS) is 10.0. The van der Waals surface area contributed by atoms with Crippen molar-refractivity contribution in [3.05, 3.63) is 64.7 Å². The van der Waals surface area contributed by atoms with E-state index in [2.05, 4.69) is 5.32 Å². The van der Waals surface area contributed by atoms with E-state index in [9.17, 15) is 9.59 Å². The average Bonchev–Trinajstić information content (AvgIpc) is 2.47. The molecule has 0 heterocycles. The SMILES string of the molecule is COC(=O)c1ccccc1NC(=O)c1c(C)cccc1C. The molecule has 0 saturated carbocycles. The Morgan fingerprint density at radius 2 is 1.57 bits per heavy atom. The first-order valence-corrected chi connectivity index (χ1v) is 6.59. The maximum Gasteiger partial charge on any atom is 0.339 e. The van der Waals surface area contributed by atoms with Gasteiger partial charge in [0.25, 0.3) is 5.91 Å². The Kier molecular flexibility index (Phi) is 4.38. The van der Waals surface area contributed by atoms with Crippen LogP contribution in [0.4, 0.5) is 5.69 Å². The summed E-state index contributed by atoms with van der Waals surface area (Å²) < 4.78 is 4.72. The zero-order valence-corrected chi connectivity index (χ0v) is 12.3. The van der Waals surface area contributed by atoms with Gasteiger partial charge in [0.2, 0.25) is 0 Å². The number of aryl methyl sites for hydroxylation is 2. The summed E-state index contributed by atoms with van der Waals surface area (Å²) in [6, 6.07) is 12.4. The van der Waals surface area contributed by atoms with Crippen molar-refractivity contribution in [2.45, 2.75) is 13.8 Å². The summed E-state index contributed by atoms with van der Waals surface area (Å²) in [5.41, 5.74) is 3.18. The second-order valence-electron chi connectivity index (χ2n) is 4.76. The molecule has 0 spiro atoms. The van der Waals surface area contributed by atoms with Crippen LogP contribution in [0.25, 0.3) is 0 Å². The Balaban J connectivity index is 2.35. The van der Waals surface area contributed by atoms with E-state index in [-0.39, 0.29) is 5.91 Å². The van der Waals surface area contributed by atoms with Gasteiger partial charge in [-0.15, -0.1) is 0 Å². The highest BCUT2D eigenvalue weighted by atomic mass is 16.5. The van der Waals surface area contributed by atoms with Crippen molar-refractivity contribution in [3.8, 4) is 0 Å². The number of benzene rings is 2. The van der Waals surface area contributed by atoms with E-state index in [1.807, 2.05) is 32.0 Å². The molecule has 2 aromatic carbocycles.